The zero-order valence-electron chi connectivity index (χ0n) is 20.1. The number of carbonyl (C=O) groups excluding carboxylic acids is 1. The number of nitrogens with one attached hydrogen (secondary N) is 1. The number of aliphatic hydroxyl groups excluding tert-OH is 2. The molecule has 13 heteroatoms. The Labute approximate surface area is 215 Å². The molecule has 2 atom stereocenters. The highest BCUT2D eigenvalue weighted by Gasteiger charge is 2.39. The minimum atomic E-state index is -4.51. The summed E-state index contributed by atoms with van der Waals surface area (Å²) < 4.78 is 45.1. The predicted molar refractivity (Wildman–Crippen MR) is 132 cm³/mol. The maximum atomic E-state index is 13.5. The van der Waals surface area contributed by atoms with Gasteiger partial charge in [0.1, 0.15) is 12.7 Å². The fourth-order valence-electron chi connectivity index (χ4n) is 4.52. The molecular weight excluding hydrogens is 505 g/mol. The van der Waals surface area contributed by atoms with Crippen LogP contribution in [-0.4, -0.2) is 69.6 Å². The summed E-state index contributed by atoms with van der Waals surface area (Å²) in [4.78, 5) is 30.1. The minimum Gasteiger partial charge on any atom is -0.475 e. The van der Waals surface area contributed by atoms with E-state index in [1.807, 2.05) is 0 Å². The van der Waals surface area contributed by atoms with E-state index in [-0.39, 0.29) is 29.9 Å². The molecule has 5 rings (SSSR count). The third kappa shape index (κ3) is 5.34. The van der Waals surface area contributed by atoms with E-state index >= 15 is 0 Å². The lowest BCUT2D eigenvalue weighted by molar-refractivity contribution is -0.137. The largest absolute Gasteiger partial charge is 0.475 e. The molecule has 2 aromatic heterocycles. The van der Waals surface area contributed by atoms with Crippen molar-refractivity contribution in [2.75, 3.05) is 41.4 Å². The monoisotopic (exact) mass is 530 g/mol. The maximum Gasteiger partial charge on any atom is 0.416 e. The Hall–Kier alpha value is -3.97. The summed E-state index contributed by atoms with van der Waals surface area (Å²) in [6.45, 7) is 0.779. The number of rotatable bonds is 6. The van der Waals surface area contributed by atoms with Gasteiger partial charge in [0.05, 0.1) is 42.0 Å². The van der Waals surface area contributed by atoms with Crippen molar-refractivity contribution in [2.24, 2.45) is 0 Å². The summed E-state index contributed by atoms with van der Waals surface area (Å²) in [7, 11) is 0. The Balaban J connectivity index is 1.41. The third-order valence-electron chi connectivity index (χ3n) is 6.37. The molecule has 200 valence electrons. The van der Waals surface area contributed by atoms with Crippen LogP contribution in [0.1, 0.15) is 18.4 Å². The van der Waals surface area contributed by atoms with Gasteiger partial charge in [-0.2, -0.15) is 13.2 Å². The van der Waals surface area contributed by atoms with Crippen molar-refractivity contribution < 1.29 is 32.9 Å². The highest BCUT2D eigenvalue weighted by molar-refractivity contribution is 6.04. The molecule has 1 fully saturated rings. The number of anilines is 3. The second-order valence-corrected chi connectivity index (χ2v) is 9.06. The van der Waals surface area contributed by atoms with Crippen LogP contribution in [0.4, 0.5) is 35.2 Å². The maximum absolute atomic E-state index is 13.5. The number of piperidine rings is 1. The fourth-order valence-corrected chi connectivity index (χ4v) is 4.52. The number of ether oxygens (including phenoxy) is 1. The van der Waals surface area contributed by atoms with Crippen molar-refractivity contribution in [3.63, 3.8) is 0 Å². The molecule has 0 unspecified atom stereocenters. The number of halogens is 3. The summed E-state index contributed by atoms with van der Waals surface area (Å²) in [5, 5.41) is 21.1. The molecule has 1 saturated heterocycles. The molecular formula is C25H25F3N6O4. The van der Waals surface area contributed by atoms with Crippen molar-refractivity contribution in [2.45, 2.75) is 31.2 Å². The van der Waals surface area contributed by atoms with E-state index in [1.165, 1.54) is 29.3 Å². The van der Waals surface area contributed by atoms with E-state index in [1.54, 1.807) is 12.3 Å². The van der Waals surface area contributed by atoms with Gasteiger partial charge in [-0.25, -0.2) is 19.7 Å². The van der Waals surface area contributed by atoms with Crippen LogP contribution in [-0.2, 0) is 6.18 Å². The smallest absolute Gasteiger partial charge is 0.416 e. The average molecular weight is 531 g/mol. The second-order valence-electron chi connectivity index (χ2n) is 9.06. The van der Waals surface area contributed by atoms with Gasteiger partial charge in [-0.15, -0.1) is 0 Å². The van der Waals surface area contributed by atoms with Crippen molar-refractivity contribution in [1.29, 1.82) is 0 Å². The molecule has 10 nitrogen and oxygen atoms in total. The molecule has 2 amide bonds. The zero-order valence-corrected chi connectivity index (χ0v) is 20.1. The van der Waals surface area contributed by atoms with Gasteiger partial charge in [0.15, 0.2) is 11.6 Å². The molecule has 3 N–H and O–H groups in total. The zero-order chi connectivity index (χ0) is 26.9. The highest BCUT2D eigenvalue weighted by atomic mass is 19.4. The first-order valence-corrected chi connectivity index (χ1v) is 12.0. The van der Waals surface area contributed by atoms with E-state index in [0.717, 1.165) is 31.5 Å². The summed E-state index contributed by atoms with van der Waals surface area (Å²) in [5.74, 6) is 0.619. The number of hydrogen-bond acceptors (Lipinski definition) is 8. The lowest BCUT2D eigenvalue weighted by Crippen LogP contribution is -2.56. The molecule has 0 radical (unpaired) electrons. The number of alkyl halides is 3. The Morgan fingerprint density at radius 3 is 2.79 bits per heavy atom. The number of carbonyl (C=O) groups is 1. The molecule has 1 aromatic carbocycles. The number of amides is 2. The average Bonchev–Trinajstić information content (AvgIpc) is 2.92. The quantitative estimate of drug-likeness (QED) is 0.444. The molecule has 0 spiro atoms. The Morgan fingerprint density at radius 1 is 1.21 bits per heavy atom. The SMILES string of the molecule is O=C(Nc1ccc(OC[C@H](O)CO)nc1)N1c2nc(-c3cccc(C(F)(F)F)c3)ncc2N2CCC[C@H]1C2. The van der Waals surface area contributed by atoms with E-state index in [2.05, 4.69) is 25.2 Å². The van der Waals surface area contributed by atoms with Crippen LogP contribution in [0.15, 0.2) is 48.8 Å². The van der Waals surface area contributed by atoms with E-state index < -0.39 is 30.5 Å². The topological polar surface area (TPSA) is 124 Å². The molecule has 3 aromatic rings. The molecule has 0 saturated carbocycles. The number of benzene rings is 1. The number of fused-ring (bicyclic) bond motifs is 4. The summed E-state index contributed by atoms with van der Waals surface area (Å²) >= 11 is 0. The summed E-state index contributed by atoms with van der Waals surface area (Å²) in [6, 6.07) is 7.22. The lowest BCUT2D eigenvalue weighted by Gasteiger charge is -2.45. The normalized spacial score (nSPS) is 17.6. The first kappa shape index (κ1) is 25.7. The Bertz CT molecular complexity index is 1310. The van der Waals surface area contributed by atoms with E-state index in [9.17, 15) is 23.1 Å². The molecule has 2 bridgehead atoms. The standard InChI is InChI=1S/C25H25F3N6O4/c26-25(27,28)16-4-1-3-15(9-16)22-30-11-20-23(32-22)34(18-5-2-8-33(20)12-18)24(37)31-17-6-7-21(29-10-17)38-14-19(36)13-35/h1,3-4,6-7,9-11,18-19,35-36H,2,5,8,12-14H2,(H,31,37)/t18-,19+/m0/s1. The number of nitrogens with zero attached hydrogens (tertiary/aromatic N) is 5. The number of pyridine rings is 1. The third-order valence-corrected chi connectivity index (χ3v) is 6.37. The van der Waals surface area contributed by atoms with Gasteiger partial charge >= 0.3 is 12.2 Å². The van der Waals surface area contributed by atoms with Gasteiger partial charge in [0.25, 0.3) is 0 Å². The first-order valence-electron chi connectivity index (χ1n) is 12.0. The van der Waals surface area contributed by atoms with Gasteiger partial charge in [0.2, 0.25) is 5.88 Å². The molecule has 2 aliphatic heterocycles. The number of urea groups is 1. The highest BCUT2D eigenvalue weighted by Crippen LogP contribution is 2.39. The Kier molecular flexibility index (Phi) is 7.04. The molecule has 38 heavy (non-hydrogen) atoms. The minimum absolute atomic E-state index is 0.0852. The predicted octanol–water partition coefficient (Wildman–Crippen LogP) is 3.31. The van der Waals surface area contributed by atoms with Crippen LogP contribution in [0, 0.1) is 0 Å². The van der Waals surface area contributed by atoms with E-state index in [0.29, 0.717) is 23.7 Å². The molecule has 4 heterocycles. The van der Waals surface area contributed by atoms with Crippen molar-refractivity contribution in [3.05, 3.63) is 54.4 Å². The summed E-state index contributed by atoms with van der Waals surface area (Å²) in [5.41, 5.74) is 0.408. The van der Waals surface area contributed by atoms with Crippen LogP contribution >= 0.6 is 0 Å². The molecule has 2 aliphatic rings. The van der Waals surface area contributed by atoms with Crippen molar-refractivity contribution in [1.82, 2.24) is 15.0 Å². The first-order chi connectivity index (χ1) is 18.2. The van der Waals surface area contributed by atoms with Gasteiger partial charge < -0.3 is 25.2 Å². The van der Waals surface area contributed by atoms with Crippen LogP contribution in [0.5, 0.6) is 5.88 Å². The number of hydrogen-bond donors (Lipinski definition) is 3. The van der Waals surface area contributed by atoms with Gasteiger partial charge in [-0.05, 0) is 31.0 Å². The van der Waals surface area contributed by atoms with E-state index in [4.69, 9.17) is 9.84 Å². The van der Waals surface area contributed by atoms with Crippen LogP contribution in [0.2, 0.25) is 0 Å². The van der Waals surface area contributed by atoms with Gasteiger partial charge in [-0.3, -0.25) is 4.90 Å². The summed E-state index contributed by atoms with van der Waals surface area (Å²) in [6.07, 6.45) is -1.00. The van der Waals surface area contributed by atoms with Crippen molar-refractivity contribution >= 4 is 23.2 Å². The van der Waals surface area contributed by atoms with Crippen LogP contribution in [0.25, 0.3) is 11.4 Å². The fraction of sp³-hybridized carbons (Fsp3) is 0.360. The molecule has 0 aliphatic carbocycles. The van der Waals surface area contributed by atoms with Crippen LogP contribution in [0.3, 0.4) is 0 Å². The number of aliphatic hydroxyl groups is 2. The number of aromatic nitrogens is 3. The Morgan fingerprint density at radius 2 is 2.05 bits per heavy atom. The van der Waals surface area contributed by atoms with Crippen molar-refractivity contribution in [3.8, 4) is 17.3 Å². The van der Waals surface area contributed by atoms with Gasteiger partial charge in [0, 0.05) is 24.7 Å². The lowest BCUT2D eigenvalue weighted by atomic mass is 10.0. The van der Waals surface area contributed by atoms with Crippen LogP contribution < -0.4 is 19.9 Å². The second kappa shape index (κ2) is 10.4. The van der Waals surface area contributed by atoms with Gasteiger partial charge in [-0.1, -0.05) is 12.1 Å².